The maximum Gasteiger partial charge on any atom is 0.238 e. The van der Waals surface area contributed by atoms with E-state index in [0.29, 0.717) is 5.95 Å². The van der Waals surface area contributed by atoms with Crippen LogP contribution in [0, 0.1) is 6.92 Å². The lowest BCUT2D eigenvalue weighted by atomic mass is 10.2. The predicted octanol–water partition coefficient (Wildman–Crippen LogP) is 2.75. The largest absolute Gasteiger partial charge is 0.287 e. The minimum atomic E-state index is 0.716. The fourth-order valence-electron chi connectivity index (χ4n) is 2.43. The number of aryl methyl sites for hydroxylation is 1. The van der Waals surface area contributed by atoms with E-state index in [1.54, 1.807) is 0 Å². The van der Waals surface area contributed by atoms with Gasteiger partial charge in [-0.15, -0.1) is 0 Å². The Morgan fingerprint density at radius 3 is 2.67 bits per heavy atom. The van der Waals surface area contributed by atoms with Gasteiger partial charge >= 0.3 is 0 Å². The number of hydrogen-bond donors (Lipinski definition) is 1. The van der Waals surface area contributed by atoms with E-state index < -0.39 is 0 Å². The van der Waals surface area contributed by atoms with Gasteiger partial charge in [0.25, 0.3) is 0 Å². The molecule has 0 spiro atoms. The number of fused-ring (bicyclic) bond motifs is 1. The van der Waals surface area contributed by atoms with Crippen molar-refractivity contribution in [2.75, 3.05) is 18.5 Å². The Labute approximate surface area is 107 Å². The molecule has 0 aliphatic carbocycles. The van der Waals surface area contributed by atoms with Crippen LogP contribution in [0.1, 0.15) is 25.0 Å². The molecule has 0 bridgehead atoms. The minimum Gasteiger partial charge on any atom is -0.287 e. The molecular weight excluding hydrogens is 224 g/mol. The van der Waals surface area contributed by atoms with E-state index in [1.807, 2.05) is 25.1 Å². The summed E-state index contributed by atoms with van der Waals surface area (Å²) in [7, 11) is 0. The second-order valence-electron chi connectivity index (χ2n) is 4.81. The molecule has 0 unspecified atom stereocenters. The number of rotatable bonds is 2. The molecule has 1 fully saturated rings. The highest BCUT2D eigenvalue weighted by molar-refractivity contribution is 5.81. The Balaban J connectivity index is 1.87. The van der Waals surface area contributed by atoms with Crippen molar-refractivity contribution in [3.8, 4) is 0 Å². The molecule has 0 amide bonds. The maximum absolute atomic E-state index is 4.57. The zero-order chi connectivity index (χ0) is 12.4. The van der Waals surface area contributed by atoms with E-state index in [4.69, 9.17) is 0 Å². The molecule has 94 valence electrons. The van der Waals surface area contributed by atoms with Gasteiger partial charge in [-0.1, -0.05) is 24.6 Å². The van der Waals surface area contributed by atoms with Crippen molar-refractivity contribution in [2.24, 2.45) is 0 Å². The molecule has 1 N–H and O–H groups in total. The summed E-state index contributed by atoms with van der Waals surface area (Å²) in [4.78, 5) is 9.10. The van der Waals surface area contributed by atoms with Gasteiger partial charge in [0.15, 0.2) is 0 Å². The summed E-state index contributed by atoms with van der Waals surface area (Å²) in [5.41, 5.74) is 5.36. The quantitative estimate of drug-likeness (QED) is 0.879. The zero-order valence-corrected chi connectivity index (χ0v) is 10.7. The molecule has 1 aliphatic heterocycles. The zero-order valence-electron chi connectivity index (χ0n) is 10.7. The Morgan fingerprint density at radius 1 is 1.06 bits per heavy atom. The molecule has 4 nitrogen and oxygen atoms in total. The third-order valence-corrected chi connectivity index (χ3v) is 3.41. The number of nitrogens with zero attached hydrogens (tertiary/aromatic N) is 3. The van der Waals surface area contributed by atoms with Crippen LogP contribution in [0.3, 0.4) is 0 Å². The molecule has 2 heterocycles. The minimum absolute atomic E-state index is 0.716. The van der Waals surface area contributed by atoms with Crippen molar-refractivity contribution in [2.45, 2.75) is 26.2 Å². The first kappa shape index (κ1) is 11.4. The maximum atomic E-state index is 4.57. The van der Waals surface area contributed by atoms with Gasteiger partial charge in [0.05, 0.1) is 11.2 Å². The van der Waals surface area contributed by atoms with Crippen molar-refractivity contribution >= 4 is 16.9 Å². The van der Waals surface area contributed by atoms with Crippen LogP contribution in [0.5, 0.6) is 0 Å². The summed E-state index contributed by atoms with van der Waals surface area (Å²) >= 11 is 0. The van der Waals surface area contributed by atoms with Crippen LogP contribution in [0.4, 0.5) is 5.95 Å². The van der Waals surface area contributed by atoms with Gasteiger partial charge in [-0.05, 0) is 25.8 Å². The summed E-state index contributed by atoms with van der Waals surface area (Å²) in [6.45, 7) is 4.19. The fraction of sp³-hybridized carbons (Fsp3) is 0.429. The van der Waals surface area contributed by atoms with Crippen LogP contribution in [0.25, 0.3) is 10.9 Å². The summed E-state index contributed by atoms with van der Waals surface area (Å²) in [5.74, 6) is 0.716. The Morgan fingerprint density at radius 2 is 1.83 bits per heavy atom. The summed E-state index contributed by atoms with van der Waals surface area (Å²) in [6, 6.07) is 8.14. The Bertz CT molecular complexity index is 546. The first-order valence-electron chi connectivity index (χ1n) is 6.58. The van der Waals surface area contributed by atoms with Gasteiger partial charge < -0.3 is 0 Å². The average molecular weight is 242 g/mol. The van der Waals surface area contributed by atoms with Crippen LogP contribution in [-0.2, 0) is 0 Å². The monoisotopic (exact) mass is 242 g/mol. The predicted molar refractivity (Wildman–Crippen MR) is 73.3 cm³/mol. The first-order chi connectivity index (χ1) is 8.83. The number of hydrogen-bond acceptors (Lipinski definition) is 4. The molecular formula is C14H18N4. The number of benzene rings is 1. The number of hydrazine groups is 1. The molecule has 1 aromatic carbocycles. The first-order valence-corrected chi connectivity index (χ1v) is 6.58. The van der Waals surface area contributed by atoms with Crippen molar-refractivity contribution in [3.05, 3.63) is 30.0 Å². The van der Waals surface area contributed by atoms with Crippen LogP contribution in [0.2, 0.25) is 0 Å². The van der Waals surface area contributed by atoms with E-state index in [9.17, 15) is 0 Å². The van der Waals surface area contributed by atoms with Crippen molar-refractivity contribution in [1.29, 1.82) is 0 Å². The Hall–Kier alpha value is -1.68. The molecule has 1 aliphatic rings. The number of anilines is 1. The lowest BCUT2D eigenvalue weighted by molar-refractivity contribution is 0.271. The fourth-order valence-corrected chi connectivity index (χ4v) is 2.43. The van der Waals surface area contributed by atoms with Crippen LogP contribution < -0.4 is 5.43 Å². The van der Waals surface area contributed by atoms with Gasteiger partial charge in [-0.25, -0.2) is 15.0 Å². The third-order valence-electron chi connectivity index (χ3n) is 3.41. The number of nitrogens with one attached hydrogen (secondary N) is 1. The molecule has 1 saturated heterocycles. The Kier molecular flexibility index (Phi) is 3.11. The lowest BCUT2D eigenvalue weighted by Crippen LogP contribution is -2.35. The summed E-state index contributed by atoms with van der Waals surface area (Å²) < 4.78 is 0. The molecule has 4 heteroatoms. The van der Waals surface area contributed by atoms with E-state index in [1.165, 1.54) is 19.3 Å². The molecule has 0 atom stereocenters. The molecule has 0 radical (unpaired) electrons. The molecule has 1 aromatic heterocycles. The molecule has 0 saturated carbocycles. The second-order valence-corrected chi connectivity index (χ2v) is 4.81. The number of piperidine rings is 1. The third kappa shape index (κ3) is 2.29. The average Bonchev–Trinajstić information content (AvgIpc) is 2.40. The van der Waals surface area contributed by atoms with Gasteiger partial charge in [0, 0.05) is 18.5 Å². The van der Waals surface area contributed by atoms with E-state index in [-0.39, 0.29) is 0 Å². The van der Waals surface area contributed by atoms with Gasteiger partial charge in [0.2, 0.25) is 5.95 Å². The summed E-state index contributed by atoms with van der Waals surface area (Å²) in [5, 5.41) is 3.34. The highest BCUT2D eigenvalue weighted by atomic mass is 15.5. The highest BCUT2D eigenvalue weighted by Gasteiger charge is 2.11. The van der Waals surface area contributed by atoms with Crippen LogP contribution in [0.15, 0.2) is 24.3 Å². The highest BCUT2D eigenvalue weighted by Crippen LogP contribution is 2.17. The van der Waals surface area contributed by atoms with E-state index >= 15 is 0 Å². The lowest BCUT2D eigenvalue weighted by Gasteiger charge is -2.26. The molecule has 3 rings (SSSR count). The standard InChI is InChI=1S/C14H18N4/c1-11-12-7-3-4-8-13(12)16-14(15-11)17-18-9-5-2-6-10-18/h3-4,7-8H,2,5-6,9-10H2,1H3,(H,15,16,17). The topological polar surface area (TPSA) is 41.1 Å². The van der Waals surface area contributed by atoms with E-state index in [2.05, 4.69) is 26.5 Å². The van der Waals surface area contributed by atoms with Gasteiger partial charge in [-0.3, -0.25) is 5.43 Å². The van der Waals surface area contributed by atoms with Gasteiger partial charge in [0.1, 0.15) is 0 Å². The van der Waals surface area contributed by atoms with E-state index in [0.717, 1.165) is 29.7 Å². The van der Waals surface area contributed by atoms with Crippen molar-refractivity contribution in [3.63, 3.8) is 0 Å². The molecule has 2 aromatic rings. The smallest absolute Gasteiger partial charge is 0.238 e. The number of aromatic nitrogens is 2. The number of para-hydroxylation sites is 1. The van der Waals surface area contributed by atoms with Crippen molar-refractivity contribution in [1.82, 2.24) is 15.0 Å². The van der Waals surface area contributed by atoms with Crippen LogP contribution in [-0.4, -0.2) is 28.1 Å². The second kappa shape index (κ2) is 4.90. The SMILES string of the molecule is Cc1nc(NN2CCCCC2)nc2ccccc12. The molecule has 18 heavy (non-hydrogen) atoms. The normalized spacial score (nSPS) is 16.9. The van der Waals surface area contributed by atoms with Gasteiger partial charge in [-0.2, -0.15) is 0 Å². The van der Waals surface area contributed by atoms with Crippen LogP contribution >= 0.6 is 0 Å². The summed E-state index contributed by atoms with van der Waals surface area (Å²) in [6.07, 6.45) is 3.83. The van der Waals surface area contributed by atoms with Crippen molar-refractivity contribution < 1.29 is 0 Å².